The first-order valence-corrected chi connectivity index (χ1v) is 8.04. The minimum absolute atomic E-state index is 0.190. The normalized spacial score (nSPS) is 11.2. The highest BCUT2D eigenvalue weighted by Crippen LogP contribution is 2.11. The molecule has 26 heavy (non-hydrogen) atoms. The maximum Gasteiger partial charge on any atom is 0.320 e. The van der Waals surface area contributed by atoms with Crippen molar-refractivity contribution in [3.8, 4) is 0 Å². The van der Waals surface area contributed by atoms with Crippen LogP contribution in [0.25, 0.3) is 0 Å². The molecule has 0 spiro atoms. The molecule has 0 amide bonds. The van der Waals surface area contributed by atoms with E-state index in [9.17, 15) is 19.2 Å². The van der Waals surface area contributed by atoms with Gasteiger partial charge in [0.2, 0.25) is 0 Å². The zero-order valence-corrected chi connectivity index (χ0v) is 15.6. The molecule has 8 heteroatoms. The number of esters is 4. The van der Waals surface area contributed by atoms with Gasteiger partial charge in [0.25, 0.3) is 0 Å². The van der Waals surface area contributed by atoms with Crippen molar-refractivity contribution in [3.05, 3.63) is 24.3 Å². The number of methoxy groups -OCH3 is 4. The van der Waals surface area contributed by atoms with E-state index in [1.807, 2.05) is 12.2 Å². The SMILES string of the molecule is COC(=O)C(C/C=C/CC/C=C/CC(C(=O)OC)C(=O)OC)C(=O)OC. The molecule has 0 N–H and O–H groups in total. The number of carbonyl (C=O) groups excluding carboxylic acids is 4. The molecule has 0 aliphatic carbocycles. The Morgan fingerprint density at radius 1 is 0.577 bits per heavy atom. The van der Waals surface area contributed by atoms with Crippen LogP contribution in [-0.4, -0.2) is 52.3 Å². The van der Waals surface area contributed by atoms with Gasteiger partial charge in [-0.25, -0.2) is 0 Å². The van der Waals surface area contributed by atoms with Crippen LogP contribution in [0.5, 0.6) is 0 Å². The van der Waals surface area contributed by atoms with Gasteiger partial charge in [-0.2, -0.15) is 0 Å². The smallest absolute Gasteiger partial charge is 0.320 e. The second-order valence-corrected chi connectivity index (χ2v) is 5.19. The van der Waals surface area contributed by atoms with E-state index in [-0.39, 0.29) is 12.8 Å². The molecule has 146 valence electrons. The molecule has 0 aliphatic rings. The number of rotatable bonds is 11. The lowest BCUT2D eigenvalue weighted by Gasteiger charge is -2.09. The summed E-state index contributed by atoms with van der Waals surface area (Å²) in [6.45, 7) is 0. The largest absolute Gasteiger partial charge is 0.468 e. The first kappa shape index (κ1) is 23.4. The Balaban J connectivity index is 4.34. The molecule has 8 nitrogen and oxygen atoms in total. The molecule has 0 saturated heterocycles. The van der Waals surface area contributed by atoms with Crippen molar-refractivity contribution in [1.82, 2.24) is 0 Å². The molecule has 0 bridgehead atoms. The van der Waals surface area contributed by atoms with Crippen LogP contribution in [0.3, 0.4) is 0 Å². The van der Waals surface area contributed by atoms with Crippen molar-refractivity contribution in [1.29, 1.82) is 0 Å². The maximum absolute atomic E-state index is 11.5. The van der Waals surface area contributed by atoms with Gasteiger partial charge in [-0.1, -0.05) is 24.3 Å². The predicted octanol–water partition coefficient (Wildman–Crippen LogP) is 1.58. The quantitative estimate of drug-likeness (QED) is 0.177. The topological polar surface area (TPSA) is 105 Å². The van der Waals surface area contributed by atoms with Crippen molar-refractivity contribution in [2.75, 3.05) is 28.4 Å². The van der Waals surface area contributed by atoms with Crippen LogP contribution in [0.1, 0.15) is 25.7 Å². The van der Waals surface area contributed by atoms with Gasteiger partial charge in [0, 0.05) is 0 Å². The van der Waals surface area contributed by atoms with E-state index in [1.165, 1.54) is 28.4 Å². The lowest BCUT2D eigenvalue weighted by atomic mass is 10.0. The van der Waals surface area contributed by atoms with E-state index >= 15 is 0 Å². The molecule has 0 aromatic rings. The van der Waals surface area contributed by atoms with E-state index in [0.29, 0.717) is 12.8 Å². The van der Waals surface area contributed by atoms with Crippen LogP contribution >= 0.6 is 0 Å². The molecular weight excluding hydrogens is 344 g/mol. The van der Waals surface area contributed by atoms with Crippen molar-refractivity contribution in [2.45, 2.75) is 25.7 Å². The van der Waals surface area contributed by atoms with Gasteiger partial charge in [0.05, 0.1) is 28.4 Å². The Kier molecular flexibility index (Phi) is 12.2. The van der Waals surface area contributed by atoms with Crippen molar-refractivity contribution in [3.63, 3.8) is 0 Å². The Morgan fingerprint density at radius 3 is 1.08 bits per heavy atom. The third-order valence-corrected chi connectivity index (χ3v) is 3.52. The highest BCUT2D eigenvalue weighted by atomic mass is 16.5. The summed E-state index contributed by atoms with van der Waals surface area (Å²) in [5.41, 5.74) is 0. The minimum Gasteiger partial charge on any atom is -0.468 e. The van der Waals surface area contributed by atoms with Crippen molar-refractivity contribution < 1.29 is 38.1 Å². The third-order valence-electron chi connectivity index (χ3n) is 3.52. The van der Waals surface area contributed by atoms with E-state index in [2.05, 4.69) is 18.9 Å². The van der Waals surface area contributed by atoms with E-state index in [4.69, 9.17) is 0 Å². The maximum atomic E-state index is 11.5. The highest BCUT2D eigenvalue weighted by Gasteiger charge is 2.27. The van der Waals surface area contributed by atoms with Gasteiger partial charge in [-0.05, 0) is 25.7 Å². The van der Waals surface area contributed by atoms with Crippen LogP contribution in [-0.2, 0) is 38.1 Å². The molecule has 0 radical (unpaired) electrons. The average Bonchev–Trinajstić information content (AvgIpc) is 2.67. The number of ether oxygens (including phenoxy) is 4. The fourth-order valence-electron chi connectivity index (χ4n) is 2.04. The number of carbonyl (C=O) groups is 4. The first-order valence-electron chi connectivity index (χ1n) is 8.04. The fourth-order valence-corrected chi connectivity index (χ4v) is 2.04. The van der Waals surface area contributed by atoms with Crippen LogP contribution in [0.15, 0.2) is 24.3 Å². The van der Waals surface area contributed by atoms with Crippen molar-refractivity contribution in [2.24, 2.45) is 11.8 Å². The lowest BCUT2D eigenvalue weighted by molar-refractivity contribution is -0.160. The minimum atomic E-state index is -0.974. The molecule has 0 heterocycles. The molecule has 0 unspecified atom stereocenters. The van der Waals surface area contributed by atoms with Crippen molar-refractivity contribution >= 4 is 23.9 Å². The average molecular weight is 370 g/mol. The molecule has 0 atom stereocenters. The Hall–Kier alpha value is -2.64. The van der Waals surface area contributed by atoms with E-state index in [0.717, 1.165) is 0 Å². The number of hydrogen-bond acceptors (Lipinski definition) is 8. The third kappa shape index (κ3) is 8.46. The highest BCUT2D eigenvalue weighted by molar-refractivity contribution is 5.95. The van der Waals surface area contributed by atoms with Gasteiger partial charge in [-0.3, -0.25) is 19.2 Å². The standard InChI is InChI=1S/C18H26O8/c1-23-15(19)13(16(20)24-2)11-9-7-5-6-8-10-12-14(17(21)25-3)18(22)26-4/h7-10,13-14H,5-6,11-12H2,1-4H3/b9-7+,10-8+. The second-order valence-electron chi connectivity index (χ2n) is 5.19. The van der Waals surface area contributed by atoms with Gasteiger partial charge >= 0.3 is 23.9 Å². The molecule has 0 fully saturated rings. The molecular formula is C18H26O8. The number of hydrogen-bond donors (Lipinski definition) is 0. The summed E-state index contributed by atoms with van der Waals surface area (Å²) in [6, 6.07) is 0. The fraction of sp³-hybridized carbons (Fsp3) is 0.556. The zero-order valence-electron chi connectivity index (χ0n) is 15.6. The monoisotopic (exact) mass is 370 g/mol. The van der Waals surface area contributed by atoms with E-state index in [1.54, 1.807) is 12.2 Å². The van der Waals surface area contributed by atoms with Gasteiger partial charge < -0.3 is 18.9 Å². The Bertz CT molecular complexity index is 455. The number of unbranched alkanes of at least 4 members (excludes halogenated alkanes) is 1. The van der Waals surface area contributed by atoms with Crippen LogP contribution in [0.4, 0.5) is 0 Å². The summed E-state index contributed by atoms with van der Waals surface area (Å²) in [5.74, 6) is -4.51. The molecule has 0 aromatic heterocycles. The van der Waals surface area contributed by atoms with Gasteiger partial charge in [-0.15, -0.1) is 0 Å². The first-order chi connectivity index (χ1) is 12.4. The summed E-state index contributed by atoms with van der Waals surface area (Å²) in [5, 5.41) is 0. The van der Waals surface area contributed by atoms with Crippen LogP contribution < -0.4 is 0 Å². The summed E-state index contributed by atoms with van der Waals surface area (Å²) in [6.07, 6.45) is 8.75. The molecule has 0 aliphatic heterocycles. The zero-order chi connectivity index (χ0) is 19.9. The molecule has 0 aromatic carbocycles. The summed E-state index contributed by atoms with van der Waals surface area (Å²) < 4.78 is 18.3. The predicted molar refractivity (Wildman–Crippen MR) is 91.8 cm³/mol. The number of allylic oxidation sites excluding steroid dienone is 4. The Labute approximate surface area is 153 Å². The molecule has 0 rings (SSSR count). The van der Waals surface area contributed by atoms with Crippen LogP contribution in [0, 0.1) is 11.8 Å². The van der Waals surface area contributed by atoms with E-state index < -0.39 is 35.7 Å². The summed E-state index contributed by atoms with van der Waals surface area (Å²) in [7, 11) is 4.84. The summed E-state index contributed by atoms with van der Waals surface area (Å²) in [4.78, 5) is 46.0. The lowest BCUT2D eigenvalue weighted by Crippen LogP contribution is -2.25. The Morgan fingerprint density at radius 2 is 0.846 bits per heavy atom. The summed E-state index contributed by atoms with van der Waals surface area (Å²) >= 11 is 0. The van der Waals surface area contributed by atoms with Gasteiger partial charge in [0.15, 0.2) is 11.8 Å². The second kappa shape index (κ2) is 13.6. The van der Waals surface area contributed by atoms with Crippen LogP contribution in [0.2, 0.25) is 0 Å². The van der Waals surface area contributed by atoms with Gasteiger partial charge in [0.1, 0.15) is 0 Å². The molecule has 0 saturated carbocycles.